The van der Waals surface area contributed by atoms with Gasteiger partial charge in [0.15, 0.2) is 0 Å². The monoisotopic (exact) mass is 552 g/mol. The van der Waals surface area contributed by atoms with E-state index in [9.17, 15) is 5.26 Å². The van der Waals surface area contributed by atoms with Crippen LogP contribution < -0.4 is 15.0 Å². The molecule has 0 bridgehead atoms. The summed E-state index contributed by atoms with van der Waals surface area (Å²) in [5.41, 5.74) is 4.82. The normalized spacial score (nSPS) is 20.6. The van der Waals surface area contributed by atoms with Crippen LogP contribution in [0.1, 0.15) is 32.1 Å². The Morgan fingerprint density at radius 2 is 1.93 bits per heavy atom. The number of halogens is 1. The molecule has 2 aromatic heterocycles. The minimum absolute atomic E-state index is 0.118. The number of fused-ring (bicyclic) bond motifs is 3. The lowest BCUT2D eigenvalue weighted by molar-refractivity contribution is 0.111. The summed E-state index contributed by atoms with van der Waals surface area (Å²) in [6.07, 6.45) is 7.25. The standard InChI is InChI=1S/C32H33ClN6O/c33-26-8-2-6-22-5-1-7-25(30(22)26)23-17-27-31(36-19-23)28(38-16-13-35-24(20-38)9-12-34)18-29(37-27)40-21-32-10-3-14-39(32)15-4-11-32/h1-2,5-8,17-19,24,35H,3-4,9-11,13-16,20-21H2/t24-/m0/s1. The maximum Gasteiger partial charge on any atom is 0.216 e. The van der Waals surface area contributed by atoms with Crippen molar-refractivity contribution >= 4 is 39.1 Å². The van der Waals surface area contributed by atoms with E-state index in [0.717, 1.165) is 63.3 Å². The summed E-state index contributed by atoms with van der Waals surface area (Å²) in [6.45, 7) is 5.39. The molecule has 1 atom stereocenters. The van der Waals surface area contributed by atoms with Gasteiger partial charge in [0.25, 0.3) is 0 Å². The van der Waals surface area contributed by atoms with Gasteiger partial charge in [0.05, 0.1) is 29.2 Å². The first kappa shape index (κ1) is 25.5. The molecular weight excluding hydrogens is 520 g/mol. The van der Waals surface area contributed by atoms with Crippen molar-refractivity contribution < 1.29 is 4.74 Å². The molecule has 0 aliphatic carbocycles. The molecule has 5 heterocycles. The van der Waals surface area contributed by atoms with E-state index in [1.54, 1.807) is 0 Å². The Bertz CT molecular complexity index is 1600. The molecule has 7 nitrogen and oxygen atoms in total. The number of pyridine rings is 2. The van der Waals surface area contributed by atoms with Crippen LogP contribution in [0.4, 0.5) is 5.69 Å². The topological polar surface area (TPSA) is 77.3 Å². The summed E-state index contributed by atoms with van der Waals surface area (Å²) in [7, 11) is 0. The van der Waals surface area contributed by atoms with Crippen LogP contribution in [0.5, 0.6) is 5.88 Å². The summed E-state index contributed by atoms with van der Waals surface area (Å²) < 4.78 is 6.55. The van der Waals surface area contributed by atoms with E-state index >= 15 is 0 Å². The van der Waals surface area contributed by atoms with Gasteiger partial charge >= 0.3 is 0 Å². The summed E-state index contributed by atoms with van der Waals surface area (Å²) >= 11 is 6.67. The molecule has 1 N–H and O–H groups in total. The fourth-order valence-corrected chi connectivity index (χ4v) is 7.31. The van der Waals surface area contributed by atoms with Gasteiger partial charge in [0.1, 0.15) is 12.1 Å². The average molecular weight is 553 g/mol. The molecule has 4 aromatic rings. The number of hydrogen-bond acceptors (Lipinski definition) is 7. The molecule has 7 rings (SSSR count). The van der Waals surface area contributed by atoms with Gasteiger partial charge in [-0.25, -0.2) is 4.98 Å². The number of hydrogen-bond donors (Lipinski definition) is 1. The van der Waals surface area contributed by atoms with E-state index in [1.807, 2.05) is 18.3 Å². The number of nitrogens with one attached hydrogen (secondary N) is 1. The molecule has 0 saturated carbocycles. The van der Waals surface area contributed by atoms with Crippen LogP contribution in [-0.2, 0) is 0 Å². The maximum atomic E-state index is 9.31. The predicted octanol–water partition coefficient (Wildman–Crippen LogP) is 5.80. The van der Waals surface area contributed by atoms with E-state index in [2.05, 4.69) is 57.6 Å². The third kappa shape index (κ3) is 4.54. The highest BCUT2D eigenvalue weighted by Crippen LogP contribution is 2.40. The minimum atomic E-state index is 0.118. The second-order valence-electron chi connectivity index (χ2n) is 11.4. The summed E-state index contributed by atoms with van der Waals surface area (Å²) in [5, 5.41) is 15.6. The van der Waals surface area contributed by atoms with Crippen LogP contribution in [0, 0.1) is 11.3 Å². The predicted molar refractivity (Wildman–Crippen MR) is 160 cm³/mol. The van der Waals surface area contributed by atoms with Crippen LogP contribution in [0.25, 0.3) is 32.9 Å². The van der Waals surface area contributed by atoms with Gasteiger partial charge in [0, 0.05) is 53.9 Å². The molecule has 0 radical (unpaired) electrons. The fourth-order valence-electron chi connectivity index (χ4n) is 7.03. The van der Waals surface area contributed by atoms with E-state index in [1.165, 1.54) is 38.8 Å². The van der Waals surface area contributed by atoms with Crippen LogP contribution in [0.3, 0.4) is 0 Å². The average Bonchev–Trinajstić information content (AvgIpc) is 3.56. The molecule has 3 aliphatic heterocycles. The Morgan fingerprint density at radius 3 is 2.75 bits per heavy atom. The van der Waals surface area contributed by atoms with Crippen molar-refractivity contribution in [1.29, 1.82) is 5.26 Å². The first-order chi connectivity index (χ1) is 19.6. The van der Waals surface area contributed by atoms with Gasteiger partial charge in [-0.15, -0.1) is 0 Å². The van der Waals surface area contributed by atoms with E-state index in [4.69, 9.17) is 26.3 Å². The lowest BCUT2D eigenvalue weighted by Gasteiger charge is -2.35. The van der Waals surface area contributed by atoms with Crippen molar-refractivity contribution in [3.8, 4) is 23.1 Å². The van der Waals surface area contributed by atoms with Gasteiger partial charge in [0.2, 0.25) is 5.88 Å². The first-order valence-electron chi connectivity index (χ1n) is 14.4. The lowest BCUT2D eigenvalue weighted by atomic mass is 9.95. The van der Waals surface area contributed by atoms with E-state index in [0.29, 0.717) is 18.9 Å². The zero-order valence-electron chi connectivity index (χ0n) is 22.6. The van der Waals surface area contributed by atoms with E-state index < -0.39 is 0 Å². The Labute approximate surface area is 239 Å². The smallest absolute Gasteiger partial charge is 0.216 e. The molecule has 204 valence electrons. The van der Waals surface area contributed by atoms with Crippen molar-refractivity contribution in [2.75, 3.05) is 44.2 Å². The summed E-state index contributed by atoms with van der Waals surface area (Å²) in [6, 6.07) is 18.8. The molecule has 40 heavy (non-hydrogen) atoms. The van der Waals surface area contributed by atoms with Gasteiger partial charge in [-0.05, 0) is 61.9 Å². The molecule has 2 aromatic carbocycles. The van der Waals surface area contributed by atoms with Crippen LogP contribution in [-0.4, -0.2) is 65.8 Å². The second-order valence-corrected chi connectivity index (χ2v) is 11.8. The van der Waals surface area contributed by atoms with Crippen molar-refractivity contribution in [3.05, 3.63) is 59.8 Å². The molecule has 8 heteroatoms. The zero-order valence-corrected chi connectivity index (χ0v) is 23.3. The zero-order chi connectivity index (χ0) is 27.1. The summed E-state index contributed by atoms with van der Waals surface area (Å²) in [5.74, 6) is 0.640. The number of ether oxygens (including phenoxy) is 1. The minimum Gasteiger partial charge on any atom is -0.476 e. The van der Waals surface area contributed by atoms with E-state index in [-0.39, 0.29) is 11.6 Å². The Morgan fingerprint density at radius 1 is 1.10 bits per heavy atom. The molecule has 0 unspecified atom stereocenters. The number of anilines is 1. The van der Waals surface area contributed by atoms with Crippen molar-refractivity contribution in [3.63, 3.8) is 0 Å². The first-order valence-corrected chi connectivity index (χ1v) is 14.7. The van der Waals surface area contributed by atoms with Crippen LogP contribution in [0.15, 0.2) is 54.7 Å². The molecule has 0 spiro atoms. The van der Waals surface area contributed by atoms with Crippen molar-refractivity contribution in [1.82, 2.24) is 20.2 Å². The number of piperazine rings is 1. The number of rotatable bonds is 6. The van der Waals surface area contributed by atoms with Crippen molar-refractivity contribution in [2.45, 2.75) is 43.7 Å². The molecule has 3 saturated heterocycles. The molecule has 3 fully saturated rings. The highest BCUT2D eigenvalue weighted by atomic mass is 35.5. The van der Waals surface area contributed by atoms with Gasteiger partial charge in [-0.3, -0.25) is 9.88 Å². The van der Waals surface area contributed by atoms with Gasteiger partial charge < -0.3 is 15.0 Å². The quantitative estimate of drug-likeness (QED) is 0.324. The van der Waals surface area contributed by atoms with Crippen LogP contribution in [0.2, 0.25) is 5.02 Å². The Balaban J connectivity index is 1.31. The second kappa shape index (κ2) is 10.5. The molecule has 0 amide bonds. The third-order valence-corrected chi connectivity index (χ3v) is 9.31. The van der Waals surface area contributed by atoms with Gasteiger partial charge in [-0.2, -0.15) is 5.26 Å². The number of benzene rings is 2. The Hall–Kier alpha value is -3.44. The lowest BCUT2D eigenvalue weighted by Crippen LogP contribution is -2.50. The van der Waals surface area contributed by atoms with Crippen molar-refractivity contribution in [2.24, 2.45) is 0 Å². The number of nitriles is 1. The highest BCUT2D eigenvalue weighted by Gasteiger charge is 2.45. The summed E-state index contributed by atoms with van der Waals surface area (Å²) in [4.78, 5) is 14.9. The third-order valence-electron chi connectivity index (χ3n) is 9.00. The highest BCUT2D eigenvalue weighted by molar-refractivity contribution is 6.36. The van der Waals surface area contributed by atoms with Crippen LogP contribution >= 0.6 is 11.6 Å². The number of nitrogens with zero attached hydrogens (tertiary/aromatic N) is 5. The maximum absolute atomic E-state index is 9.31. The largest absolute Gasteiger partial charge is 0.476 e. The SMILES string of the molecule is N#CC[C@H]1CN(c2cc(OCC34CCCN3CCC4)nc3cc(-c4cccc5cccc(Cl)c45)cnc23)CCN1. The van der Waals surface area contributed by atoms with Gasteiger partial charge in [-0.1, -0.05) is 41.9 Å². The molecule has 3 aliphatic rings. The number of aromatic nitrogens is 2. The molecular formula is C32H33ClN6O. The fraction of sp³-hybridized carbons (Fsp3) is 0.406. The Kier molecular flexibility index (Phi) is 6.71.